The molecule has 0 saturated carbocycles. The number of ether oxygens (including phenoxy) is 1. The summed E-state index contributed by atoms with van der Waals surface area (Å²) in [5.74, 6) is 0.0174. The Bertz CT molecular complexity index is 803. The van der Waals surface area contributed by atoms with Crippen molar-refractivity contribution in [1.82, 2.24) is 0 Å². The Hall–Kier alpha value is -1.14. The number of rotatable bonds is 3. The first kappa shape index (κ1) is 16.2. The molecule has 0 spiro atoms. The van der Waals surface area contributed by atoms with Crippen LogP contribution in [0.15, 0.2) is 35.2 Å². The molecule has 0 atom stereocenters. The Morgan fingerprint density at radius 2 is 1.57 bits per heavy atom. The van der Waals surface area contributed by atoms with E-state index in [2.05, 4.69) is 0 Å². The highest BCUT2D eigenvalue weighted by Gasteiger charge is 2.14. The number of halogens is 3. The number of benzene rings is 2. The van der Waals surface area contributed by atoms with Gasteiger partial charge in [0.15, 0.2) is 21.3 Å². The smallest absolute Gasteiger partial charge is 0.175 e. The molecule has 4 nitrogen and oxygen atoms in total. The standard InChI is InChI=1S/C13H9Cl3O4S/c1-21(18,19)7-2-3-12(10(16)4-7)20-13-6-9(15)8(14)5-11(13)17/h2-6,17H,1H3. The lowest BCUT2D eigenvalue weighted by atomic mass is 10.3. The van der Waals surface area contributed by atoms with Gasteiger partial charge in [0.05, 0.1) is 20.0 Å². The van der Waals surface area contributed by atoms with Crippen LogP contribution in [-0.4, -0.2) is 19.8 Å². The van der Waals surface area contributed by atoms with Crippen molar-refractivity contribution in [1.29, 1.82) is 0 Å². The van der Waals surface area contributed by atoms with E-state index in [-0.39, 0.29) is 37.2 Å². The first-order valence-corrected chi connectivity index (χ1v) is 8.56. The second kappa shape index (κ2) is 5.93. The number of sulfone groups is 1. The van der Waals surface area contributed by atoms with Crippen molar-refractivity contribution in [3.8, 4) is 17.2 Å². The zero-order valence-corrected chi connectivity index (χ0v) is 13.7. The largest absolute Gasteiger partial charge is 0.504 e. The van der Waals surface area contributed by atoms with Gasteiger partial charge in [0.25, 0.3) is 0 Å². The molecule has 2 aromatic carbocycles. The van der Waals surface area contributed by atoms with Gasteiger partial charge in [0.1, 0.15) is 5.75 Å². The summed E-state index contributed by atoms with van der Waals surface area (Å²) in [5.41, 5.74) is 0. The molecule has 0 aliphatic carbocycles. The minimum atomic E-state index is -3.36. The third kappa shape index (κ3) is 3.74. The van der Waals surface area contributed by atoms with Crippen LogP contribution in [-0.2, 0) is 9.84 Å². The summed E-state index contributed by atoms with van der Waals surface area (Å²) in [7, 11) is -3.36. The molecule has 0 radical (unpaired) electrons. The highest BCUT2D eigenvalue weighted by molar-refractivity contribution is 7.90. The van der Waals surface area contributed by atoms with E-state index in [1.807, 2.05) is 0 Å². The van der Waals surface area contributed by atoms with Gasteiger partial charge in [0.2, 0.25) is 0 Å². The van der Waals surface area contributed by atoms with Crippen molar-refractivity contribution in [3.05, 3.63) is 45.4 Å². The summed E-state index contributed by atoms with van der Waals surface area (Å²) in [6.45, 7) is 0. The third-order valence-corrected chi connectivity index (χ3v) is 4.68. The normalized spacial score (nSPS) is 11.4. The maximum absolute atomic E-state index is 11.4. The van der Waals surface area contributed by atoms with Crippen molar-refractivity contribution in [2.45, 2.75) is 4.90 Å². The highest BCUT2D eigenvalue weighted by Crippen LogP contribution is 2.39. The predicted octanol–water partition coefficient (Wildman–Crippen LogP) is 4.55. The number of aromatic hydroxyl groups is 1. The molecule has 0 amide bonds. The van der Waals surface area contributed by atoms with Crippen molar-refractivity contribution in [2.75, 3.05) is 6.26 Å². The molecule has 21 heavy (non-hydrogen) atoms. The van der Waals surface area contributed by atoms with E-state index in [0.29, 0.717) is 0 Å². The predicted molar refractivity (Wildman–Crippen MR) is 82.8 cm³/mol. The minimum Gasteiger partial charge on any atom is -0.504 e. The molecular formula is C13H9Cl3O4S. The average Bonchev–Trinajstić information content (AvgIpc) is 2.36. The Morgan fingerprint density at radius 1 is 0.952 bits per heavy atom. The van der Waals surface area contributed by atoms with Crippen LogP contribution < -0.4 is 4.74 Å². The monoisotopic (exact) mass is 366 g/mol. The van der Waals surface area contributed by atoms with Crippen LogP contribution in [0.5, 0.6) is 17.2 Å². The summed E-state index contributed by atoms with van der Waals surface area (Å²) >= 11 is 17.6. The number of phenols is 1. The summed E-state index contributed by atoms with van der Waals surface area (Å²) < 4.78 is 28.3. The molecule has 0 aliphatic heterocycles. The van der Waals surface area contributed by atoms with Gasteiger partial charge >= 0.3 is 0 Å². The SMILES string of the molecule is CS(=O)(=O)c1ccc(Oc2cc(Cl)c(Cl)cc2O)c(Cl)c1. The molecule has 0 bridgehead atoms. The quantitative estimate of drug-likeness (QED) is 0.864. The molecule has 0 saturated heterocycles. The highest BCUT2D eigenvalue weighted by atomic mass is 35.5. The molecule has 2 rings (SSSR count). The van der Waals surface area contributed by atoms with Crippen LogP contribution in [0.25, 0.3) is 0 Å². The van der Waals surface area contributed by atoms with E-state index in [4.69, 9.17) is 39.5 Å². The van der Waals surface area contributed by atoms with Crippen molar-refractivity contribution in [3.63, 3.8) is 0 Å². The van der Waals surface area contributed by atoms with E-state index in [1.165, 1.54) is 30.3 Å². The Labute approximate surface area is 136 Å². The van der Waals surface area contributed by atoms with E-state index >= 15 is 0 Å². The number of hydrogen-bond acceptors (Lipinski definition) is 4. The fraction of sp³-hybridized carbons (Fsp3) is 0.0769. The van der Waals surface area contributed by atoms with Crippen LogP contribution in [0.2, 0.25) is 15.1 Å². The molecule has 2 aromatic rings. The van der Waals surface area contributed by atoms with Crippen molar-refractivity contribution >= 4 is 44.6 Å². The zero-order chi connectivity index (χ0) is 15.8. The van der Waals surface area contributed by atoms with Crippen LogP contribution in [0.3, 0.4) is 0 Å². The lowest BCUT2D eigenvalue weighted by molar-refractivity contribution is 0.411. The topological polar surface area (TPSA) is 63.6 Å². The van der Waals surface area contributed by atoms with Crippen molar-refractivity contribution in [2.24, 2.45) is 0 Å². The van der Waals surface area contributed by atoms with Gasteiger partial charge in [-0.05, 0) is 18.2 Å². The van der Waals surface area contributed by atoms with Gasteiger partial charge in [-0.25, -0.2) is 8.42 Å². The average molecular weight is 368 g/mol. The summed E-state index contributed by atoms with van der Waals surface area (Å²) in [4.78, 5) is 0.0678. The molecule has 1 N–H and O–H groups in total. The van der Waals surface area contributed by atoms with Gasteiger partial charge in [-0.3, -0.25) is 0 Å². The molecular weight excluding hydrogens is 359 g/mol. The van der Waals surface area contributed by atoms with Gasteiger partial charge in [-0.1, -0.05) is 34.8 Å². The van der Waals surface area contributed by atoms with Crippen molar-refractivity contribution < 1.29 is 18.3 Å². The van der Waals surface area contributed by atoms with Gasteiger partial charge in [-0.15, -0.1) is 0 Å². The van der Waals surface area contributed by atoms with E-state index < -0.39 is 9.84 Å². The summed E-state index contributed by atoms with van der Waals surface area (Å²) in [6.07, 6.45) is 1.07. The third-order valence-electron chi connectivity index (χ3n) is 2.55. The van der Waals surface area contributed by atoms with Crippen LogP contribution in [0, 0.1) is 0 Å². The Kier molecular flexibility index (Phi) is 4.58. The van der Waals surface area contributed by atoms with Crippen LogP contribution in [0.1, 0.15) is 0 Å². The van der Waals surface area contributed by atoms with E-state index in [0.717, 1.165) is 6.26 Å². The molecule has 0 aromatic heterocycles. The fourth-order valence-electron chi connectivity index (χ4n) is 1.51. The second-order valence-corrected chi connectivity index (χ2v) is 7.44. The number of phenolic OH excluding ortho intramolecular Hbond substituents is 1. The lowest BCUT2D eigenvalue weighted by Gasteiger charge is -2.11. The molecule has 0 heterocycles. The van der Waals surface area contributed by atoms with Crippen LogP contribution in [0.4, 0.5) is 0 Å². The maximum atomic E-state index is 11.4. The first-order valence-electron chi connectivity index (χ1n) is 5.54. The fourth-order valence-corrected chi connectivity index (χ4v) is 2.76. The van der Waals surface area contributed by atoms with Gasteiger partial charge in [0, 0.05) is 18.4 Å². The van der Waals surface area contributed by atoms with E-state index in [9.17, 15) is 13.5 Å². The second-order valence-electron chi connectivity index (χ2n) is 4.20. The summed E-state index contributed by atoms with van der Waals surface area (Å²) in [5, 5.41) is 10.2. The Balaban J connectivity index is 2.39. The Morgan fingerprint density at radius 3 is 2.14 bits per heavy atom. The molecule has 0 unspecified atom stereocenters. The number of hydrogen-bond donors (Lipinski definition) is 1. The van der Waals surface area contributed by atoms with E-state index in [1.54, 1.807) is 0 Å². The molecule has 0 aliphatic rings. The maximum Gasteiger partial charge on any atom is 0.175 e. The van der Waals surface area contributed by atoms with Gasteiger partial charge in [-0.2, -0.15) is 0 Å². The lowest BCUT2D eigenvalue weighted by Crippen LogP contribution is -1.97. The molecule has 112 valence electrons. The van der Waals surface area contributed by atoms with Gasteiger partial charge < -0.3 is 9.84 Å². The molecule has 0 fully saturated rings. The molecule has 8 heteroatoms. The zero-order valence-electron chi connectivity index (χ0n) is 10.6. The first-order chi connectivity index (χ1) is 9.68. The summed E-state index contributed by atoms with van der Waals surface area (Å²) in [6, 6.07) is 6.57. The minimum absolute atomic E-state index is 0.0541. The van der Waals surface area contributed by atoms with Crippen LogP contribution >= 0.6 is 34.8 Å².